The molecule has 0 aliphatic heterocycles. The van der Waals surface area contributed by atoms with E-state index in [0.717, 1.165) is 25.9 Å². The Balaban J connectivity index is 2.48. The normalized spacial score (nSPS) is 25.4. The Morgan fingerprint density at radius 2 is 2.05 bits per heavy atom. The van der Waals surface area contributed by atoms with Gasteiger partial charge in [0.05, 0.1) is 0 Å². The summed E-state index contributed by atoms with van der Waals surface area (Å²) >= 11 is 0. The highest BCUT2D eigenvalue weighted by Gasteiger charge is 2.25. The van der Waals surface area contributed by atoms with E-state index in [2.05, 4.69) is 32.8 Å². The van der Waals surface area contributed by atoms with Crippen LogP contribution in [-0.2, 0) is 4.79 Å². The predicted molar refractivity (Wildman–Crippen MR) is 80.0 cm³/mol. The maximum Gasteiger partial charge on any atom is 0.223 e. The molecular formula is C15H31N3O. The van der Waals surface area contributed by atoms with Gasteiger partial charge in [-0.25, -0.2) is 0 Å². The first-order valence-corrected chi connectivity index (χ1v) is 7.63. The van der Waals surface area contributed by atoms with E-state index in [1.165, 1.54) is 12.8 Å². The number of carbonyl (C=O) groups excluding carboxylic acids is 1. The van der Waals surface area contributed by atoms with Crippen LogP contribution in [0.1, 0.15) is 46.0 Å². The van der Waals surface area contributed by atoms with E-state index >= 15 is 0 Å². The van der Waals surface area contributed by atoms with E-state index in [0.29, 0.717) is 24.3 Å². The first-order valence-electron chi connectivity index (χ1n) is 7.63. The van der Waals surface area contributed by atoms with Crippen LogP contribution in [0.4, 0.5) is 0 Å². The second kappa shape index (κ2) is 7.85. The molecule has 0 spiro atoms. The van der Waals surface area contributed by atoms with E-state index in [4.69, 9.17) is 5.73 Å². The van der Waals surface area contributed by atoms with Gasteiger partial charge in [0.1, 0.15) is 0 Å². The zero-order chi connectivity index (χ0) is 14.4. The van der Waals surface area contributed by atoms with Crippen LogP contribution in [0.3, 0.4) is 0 Å². The number of nitrogens with zero attached hydrogens (tertiary/aromatic N) is 2. The van der Waals surface area contributed by atoms with Gasteiger partial charge in [-0.2, -0.15) is 0 Å². The van der Waals surface area contributed by atoms with E-state index in [1.54, 1.807) is 0 Å². The quantitative estimate of drug-likeness (QED) is 0.798. The van der Waals surface area contributed by atoms with Crippen molar-refractivity contribution in [3.05, 3.63) is 0 Å². The lowest BCUT2D eigenvalue weighted by molar-refractivity contribution is -0.134. The van der Waals surface area contributed by atoms with Gasteiger partial charge in [-0.3, -0.25) is 4.79 Å². The third-order valence-corrected chi connectivity index (χ3v) is 4.11. The van der Waals surface area contributed by atoms with Gasteiger partial charge in [-0.15, -0.1) is 0 Å². The van der Waals surface area contributed by atoms with Gasteiger partial charge in [0.2, 0.25) is 5.91 Å². The summed E-state index contributed by atoms with van der Waals surface area (Å²) in [6.45, 7) is 5.92. The smallest absolute Gasteiger partial charge is 0.223 e. The van der Waals surface area contributed by atoms with Gasteiger partial charge in [-0.1, -0.05) is 6.42 Å². The number of carbonyl (C=O) groups is 1. The molecule has 2 N–H and O–H groups in total. The maximum absolute atomic E-state index is 12.4. The molecule has 0 aromatic heterocycles. The number of amides is 1. The molecule has 0 heterocycles. The number of hydrogen-bond donors (Lipinski definition) is 1. The molecule has 19 heavy (non-hydrogen) atoms. The van der Waals surface area contributed by atoms with Gasteiger partial charge in [0.15, 0.2) is 0 Å². The standard InChI is InChI=1S/C15H31N3O/c1-5-18(12(2)11-17(3)4)15(19)10-13-7-6-8-14(16)9-13/h12-14H,5-11,16H2,1-4H3. The minimum Gasteiger partial charge on any atom is -0.339 e. The van der Waals surface area contributed by atoms with Crippen LogP contribution in [0, 0.1) is 5.92 Å². The first-order chi connectivity index (χ1) is 8.93. The van der Waals surface area contributed by atoms with E-state index in [1.807, 2.05) is 4.90 Å². The molecule has 0 saturated heterocycles. The van der Waals surface area contributed by atoms with Gasteiger partial charge >= 0.3 is 0 Å². The van der Waals surface area contributed by atoms with Crippen molar-refractivity contribution in [2.75, 3.05) is 27.2 Å². The molecule has 0 radical (unpaired) electrons. The molecule has 1 aliphatic carbocycles. The van der Waals surface area contributed by atoms with Crippen LogP contribution in [0.25, 0.3) is 0 Å². The highest BCUT2D eigenvalue weighted by atomic mass is 16.2. The van der Waals surface area contributed by atoms with Gasteiger partial charge in [-0.05, 0) is 53.1 Å². The van der Waals surface area contributed by atoms with Crippen molar-refractivity contribution < 1.29 is 4.79 Å². The summed E-state index contributed by atoms with van der Waals surface area (Å²) in [5, 5.41) is 0. The fourth-order valence-corrected chi connectivity index (χ4v) is 3.24. The molecule has 3 unspecified atom stereocenters. The average Bonchev–Trinajstić information content (AvgIpc) is 2.28. The van der Waals surface area contributed by atoms with Crippen molar-refractivity contribution in [2.24, 2.45) is 11.7 Å². The summed E-state index contributed by atoms with van der Waals surface area (Å²) in [7, 11) is 4.10. The zero-order valence-electron chi connectivity index (χ0n) is 13.1. The van der Waals surface area contributed by atoms with Crippen molar-refractivity contribution in [3.8, 4) is 0 Å². The number of nitrogens with two attached hydrogens (primary N) is 1. The predicted octanol–water partition coefficient (Wildman–Crippen LogP) is 1.69. The molecule has 0 aromatic carbocycles. The van der Waals surface area contributed by atoms with Gasteiger partial charge < -0.3 is 15.5 Å². The second-order valence-corrected chi connectivity index (χ2v) is 6.29. The van der Waals surface area contributed by atoms with Gasteiger partial charge in [0, 0.05) is 31.6 Å². The summed E-state index contributed by atoms with van der Waals surface area (Å²) in [6.07, 6.45) is 5.17. The minimum atomic E-state index is 0.282. The van der Waals surface area contributed by atoms with Crippen LogP contribution < -0.4 is 5.73 Å². The van der Waals surface area contributed by atoms with Crippen LogP contribution >= 0.6 is 0 Å². The largest absolute Gasteiger partial charge is 0.339 e. The molecule has 1 amide bonds. The van der Waals surface area contributed by atoms with Crippen molar-refractivity contribution in [3.63, 3.8) is 0 Å². The van der Waals surface area contributed by atoms with Gasteiger partial charge in [0.25, 0.3) is 0 Å². The molecule has 0 aromatic rings. The number of rotatable bonds is 6. The average molecular weight is 269 g/mol. The summed E-state index contributed by atoms with van der Waals surface area (Å²) < 4.78 is 0. The van der Waals surface area contributed by atoms with Crippen molar-refractivity contribution in [1.82, 2.24) is 9.80 Å². The van der Waals surface area contributed by atoms with Crippen LogP contribution in [0.15, 0.2) is 0 Å². The highest BCUT2D eigenvalue weighted by molar-refractivity contribution is 5.76. The van der Waals surface area contributed by atoms with Crippen LogP contribution in [-0.4, -0.2) is 55.0 Å². The Kier molecular flexibility index (Phi) is 6.80. The van der Waals surface area contributed by atoms with Crippen LogP contribution in [0.2, 0.25) is 0 Å². The molecule has 1 rings (SSSR count). The topological polar surface area (TPSA) is 49.6 Å². The van der Waals surface area contributed by atoms with Crippen molar-refractivity contribution in [2.45, 2.75) is 58.0 Å². The number of hydrogen-bond acceptors (Lipinski definition) is 3. The Hall–Kier alpha value is -0.610. The molecule has 1 fully saturated rings. The fourth-order valence-electron chi connectivity index (χ4n) is 3.24. The lowest BCUT2D eigenvalue weighted by Gasteiger charge is -2.33. The molecule has 1 saturated carbocycles. The molecule has 4 heteroatoms. The summed E-state index contributed by atoms with van der Waals surface area (Å²) in [5.41, 5.74) is 6.00. The minimum absolute atomic E-state index is 0.282. The molecule has 3 atom stereocenters. The fraction of sp³-hybridized carbons (Fsp3) is 0.933. The molecule has 0 bridgehead atoms. The Labute approximate surface area is 118 Å². The molecular weight excluding hydrogens is 238 g/mol. The lowest BCUT2D eigenvalue weighted by Crippen LogP contribution is -2.44. The third kappa shape index (κ3) is 5.49. The van der Waals surface area contributed by atoms with Crippen molar-refractivity contribution in [1.29, 1.82) is 0 Å². The third-order valence-electron chi connectivity index (χ3n) is 4.11. The Bertz CT molecular complexity index is 281. The van der Waals surface area contributed by atoms with E-state index in [-0.39, 0.29) is 6.04 Å². The van der Waals surface area contributed by atoms with Crippen LogP contribution in [0.5, 0.6) is 0 Å². The highest BCUT2D eigenvalue weighted by Crippen LogP contribution is 2.26. The molecule has 4 nitrogen and oxygen atoms in total. The molecule has 112 valence electrons. The zero-order valence-corrected chi connectivity index (χ0v) is 13.1. The Morgan fingerprint density at radius 1 is 1.37 bits per heavy atom. The van der Waals surface area contributed by atoms with Crippen molar-refractivity contribution >= 4 is 5.91 Å². The van der Waals surface area contributed by atoms with E-state index in [9.17, 15) is 4.79 Å². The number of likely N-dealkylation sites (N-methyl/N-ethyl adjacent to an activating group) is 2. The first kappa shape index (κ1) is 16.4. The second-order valence-electron chi connectivity index (χ2n) is 6.29. The summed E-state index contributed by atoms with van der Waals surface area (Å²) in [6, 6.07) is 0.589. The summed E-state index contributed by atoms with van der Waals surface area (Å²) in [4.78, 5) is 16.6. The maximum atomic E-state index is 12.4. The van der Waals surface area contributed by atoms with E-state index < -0.39 is 0 Å². The monoisotopic (exact) mass is 269 g/mol. The Morgan fingerprint density at radius 3 is 2.58 bits per heavy atom. The molecule has 1 aliphatic rings. The lowest BCUT2D eigenvalue weighted by atomic mass is 9.84. The SMILES string of the molecule is CCN(C(=O)CC1CCCC(N)C1)C(C)CN(C)C. The summed E-state index contributed by atoms with van der Waals surface area (Å²) in [5.74, 6) is 0.799.